The fourth-order valence-corrected chi connectivity index (χ4v) is 2.34. The number of nitrogens with zero attached hydrogens (tertiary/aromatic N) is 2. The summed E-state index contributed by atoms with van der Waals surface area (Å²) in [5, 5.41) is 4.61. The Morgan fingerprint density at radius 3 is 2.58 bits per heavy atom. The summed E-state index contributed by atoms with van der Waals surface area (Å²) >= 11 is 6.11. The SMILES string of the molecule is O=C(NN=Cc1ccc(OCc2ccccc2Cl)cc1)c1ccccn1. The van der Waals surface area contributed by atoms with Crippen LogP contribution in [0.5, 0.6) is 5.75 Å². The van der Waals surface area contributed by atoms with E-state index in [9.17, 15) is 4.79 Å². The molecule has 26 heavy (non-hydrogen) atoms. The Morgan fingerprint density at radius 2 is 1.85 bits per heavy atom. The minimum absolute atomic E-state index is 0.313. The second-order valence-corrected chi connectivity index (χ2v) is 5.77. The van der Waals surface area contributed by atoms with Crippen molar-refractivity contribution in [2.24, 2.45) is 5.10 Å². The normalized spacial score (nSPS) is 10.7. The average molecular weight is 366 g/mol. The first kappa shape index (κ1) is 17.6. The van der Waals surface area contributed by atoms with Gasteiger partial charge in [-0.05, 0) is 48.0 Å². The van der Waals surface area contributed by atoms with Gasteiger partial charge in [-0.2, -0.15) is 5.10 Å². The third-order valence-corrected chi connectivity index (χ3v) is 3.88. The molecule has 0 bridgehead atoms. The van der Waals surface area contributed by atoms with Gasteiger partial charge in [-0.3, -0.25) is 9.78 Å². The molecule has 0 aliphatic carbocycles. The van der Waals surface area contributed by atoms with Crippen molar-refractivity contribution in [2.45, 2.75) is 6.61 Å². The van der Waals surface area contributed by atoms with Crippen LogP contribution >= 0.6 is 11.6 Å². The number of aromatic nitrogens is 1. The van der Waals surface area contributed by atoms with E-state index in [0.29, 0.717) is 17.3 Å². The van der Waals surface area contributed by atoms with Crippen LogP contribution in [0.15, 0.2) is 78.0 Å². The minimum Gasteiger partial charge on any atom is -0.489 e. The smallest absolute Gasteiger partial charge is 0.289 e. The third-order valence-electron chi connectivity index (χ3n) is 3.51. The van der Waals surface area contributed by atoms with Crippen LogP contribution in [-0.4, -0.2) is 17.1 Å². The van der Waals surface area contributed by atoms with Crippen LogP contribution in [0.3, 0.4) is 0 Å². The number of hydrogen-bond acceptors (Lipinski definition) is 4. The molecule has 0 unspecified atom stereocenters. The van der Waals surface area contributed by atoms with Gasteiger partial charge in [-0.25, -0.2) is 5.43 Å². The number of rotatable bonds is 6. The van der Waals surface area contributed by atoms with Crippen molar-refractivity contribution in [1.82, 2.24) is 10.4 Å². The first-order valence-electron chi connectivity index (χ1n) is 7.93. The molecule has 2 aromatic carbocycles. The quantitative estimate of drug-likeness (QED) is 0.529. The Kier molecular flexibility index (Phi) is 5.96. The summed E-state index contributed by atoms with van der Waals surface area (Å²) in [5.74, 6) is 0.362. The Labute approximate surface area is 156 Å². The Hall–Kier alpha value is -3.18. The van der Waals surface area contributed by atoms with Crippen molar-refractivity contribution in [3.05, 3.63) is 94.8 Å². The van der Waals surface area contributed by atoms with E-state index in [4.69, 9.17) is 16.3 Å². The van der Waals surface area contributed by atoms with Crippen molar-refractivity contribution in [3.63, 3.8) is 0 Å². The highest BCUT2D eigenvalue weighted by molar-refractivity contribution is 6.31. The van der Waals surface area contributed by atoms with Crippen LogP contribution in [-0.2, 0) is 6.61 Å². The van der Waals surface area contributed by atoms with Crippen LogP contribution in [0.1, 0.15) is 21.6 Å². The topological polar surface area (TPSA) is 63.6 Å². The van der Waals surface area contributed by atoms with Gasteiger partial charge < -0.3 is 4.74 Å². The van der Waals surface area contributed by atoms with Crippen LogP contribution < -0.4 is 10.2 Å². The molecule has 0 saturated carbocycles. The number of halogens is 1. The van der Waals surface area contributed by atoms with Crippen molar-refractivity contribution in [3.8, 4) is 5.75 Å². The van der Waals surface area contributed by atoms with E-state index >= 15 is 0 Å². The number of hydrazone groups is 1. The number of ether oxygens (including phenoxy) is 1. The molecule has 3 rings (SSSR count). The van der Waals surface area contributed by atoms with Crippen molar-refractivity contribution in [2.75, 3.05) is 0 Å². The number of carbonyl (C=O) groups excluding carboxylic acids is 1. The summed E-state index contributed by atoms with van der Waals surface area (Å²) in [7, 11) is 0. The van der Waals surface area contributed by atoms with Crippen LogP contribution in [0.25, 0.3) is 0 Å². The Morgan fingerprint density at radius 1 is 1.08 bits per heavy atom. The maximum atomic E-state index is 11.8. The van der Waals surface area contributed by atoms with Crippen LogP contribution in [0.2, 0.25) is 5.02 Å². The average Bonchev–Trinajstić information content (AvgIpc) is 2.69. The monoisotopic (exact) mass is 365 g/mol. The fraction of sp³-hybridized carbons (Fsp3) is 0.0500. The summed E-state index contributed by atoms with van der Waals surface area (Å²) in [4.78, 5) is 15.8. The second-order valence-electron chi connectivity index (χ2n) is 5.36. The van der Waals surface area contributed by atoms with Gasteiger partial charge in [0.25, 0.3) is 5.91 Å². The number of amides is 1. The van der Waals surface area contributed by atoms with Gasteiger partial charge >= 0.3 is 0 Å². The van der Waals surface area contributed by atoms with E-state index in [2.05, 4.69) is 15.5 Å². The molecule has 0 aliphatic heterocycles. The van der Waals surface area contributed by atoms with E-state index in [-0.39, 0.29) is 5.91 Å². The van der Waals surface area contributed by atoms with Gasteiger partial charge in [0, 0.05) is 16.8 Å². The zero-order valence-corrected chi connectivity index (χ0v) is 14.6. The number of hydrogen-bond donors (Lipinski definition) is 1. The van der Waals surface area contributed by atoms with Crippen molar-refractivity contribution < 1.29 is 9.53 Å². The van der Waals surface area contributed by atoms with Crippen LogP contribution in [0.4, 0.5) is 0 Å². The molecule has 1 N–H and O–H groups in total. The molecule has 0 radical (unpaired) electrons. The molecule has 1 amide bonds. The van der Waals surface area contributed by atoms with E-state index < -0.39 is 0 Å². The zero-order valence-electron chi connectivity index (χ0n) is 13.8. The molecule has 0 saturated heterocycles. The van der Waals surface area contributed by atoms with Gasteiger partial charge in [0.1, 0.15) is 18.1 Å². The molecule has 5 nitrogen and oxygen atoms in total. The molecule has 6 heteroatoms. The maximum Gasteiger partial charge on any atom is 0.289 e. The van der Waals surface area contributed by atoms with Crippen LogP contribution in [0, 0.1) is 0 Å². The Bertz CT molecular complexity index is 896. The maximum absolute atomic E-state index is 11.8. The number of carbonyl (C=O) groups is 1. The standard InChI is InChI=1S/C20H16ClN3O2/c21-18-6-2-1-5-16(18)14-26-17-10-8-15(9-11-17)13-23-24-20(25)19-7-3-4-12-22-19/h1-13H,14H2,(H,24,25). The van der Waals surface area contributed by atoms with E-state index in [0.717, 1.165) is 16.9 Å². The summed E-state index contributed by atoms with van der Waals surface area (Å²) in [5.41, 5.74) is 4.51. The lowest BCUT2D eigenvalue weighted by Crippen LogP contribution is -2.18. The predicted molar refractivity (Wildman–Crippen MR) is 102 cm³/mol. The lowest BCUT2D eigenvalue weighted by atomic mass is 10.2. The highest BCUT2D eigenvalue weighted by Gasteiger charge is 2.03. The lowest BCUT2D eigenvalue weighted by Gasteiger charge is -2.07. The molecule has 1 aromatic heterocycles. The summed E-state index contributed by atoms with van der Waals surface area (Å²) in [6.07, 6.45) is 3.11. The first-order valence-corrected chi connectivity index (χ1v) is 8.31. The highest BCUT2D eigenvalue weighted by Crippen LogP contribution is 2.18. The summed E-state index contributed by atoms with van der Waals surface area (Å²) in [6, 6.07) is 20.0. The molecular formula is C20H16ClN3O2. The Balaban J connectivity index is 1.53. The summed E-state index contributed by atoms with van der Waals surface area (Å²) in [6.45, 7) is 0.396. The van der Waals surface area contributed by atoms with Gasteiger partial charge in [-0.1, -0.05) is 35.9 Å². The molecular weight excluding hydrogens is 350 g/mol. The minimum atomic E-state index is -0.360. The van der Waals surface area contributed by atoms with Gasteiger partial charge in [0.05, 0.1) is 6.21 Å². The zero-order chi connectivity index (χ0) is 18.2. The lowest BCUT2D eigenvalue weighted by molar-refractivity contribution is 0.0950. The number of nitrogens with one attached hydrogen (secondary N) is 1. The second kappa shape index (κ2) is 8.78. The van der Waals surface area contributed by atoms with Gasteiger partial charge in [-0.15, -0.1) is 0 Å². The molecule has 3 aromatic rings. The van der Waals surface area contributed by atoms with E-state index in [1.54, 1.807) is 30.6 Å². The number of pyridine rings is 1. The number of benzene rings is 2. The third kappa shape index (κ3) is 4.91. The highest BCUT2D eigenvalue weighted by atomic mass is 35.5. The molecule has 0 spiro atoms. The fourth-order valence-electron chi connectivity index (χ4n) is 2.15. The van der Waals surface area contributed by atoms with Crippen molar-refractivity contribution >= 4 is 23.7 Å². The molecule has 0 aliphatic rings. The van der Waals surface area contributed by atoms with Gasteiger partial charge in [0.15, 0.2) is 0 Å². The molecule has 1 heterocycles. The van der Waals surface area contributed by atoms with E-state index in [1.807, 2.05) is 48.5 Å². The molecule has 0 fully saturated rings. The van der Waals surface area contributed by atoms with E-state index in [1.165, 1.54) is 0 Å². The first-order chi connectivity index (χ1) is 12.7. The predicted octanol–water partition coefficient (Wildman–Crippen LogP) is 4.08. The summed E-state index contributed by atoms with van der Waals surface area (Å²) < 4.78 is 5.72. The van der Waals surface area contributed by atoms with Gasteiger partial charge in [0.2, 0.25) is 0 Å². The van der Waals surface area contributed by atoms with Crippen molar-refractivity contribution in [1.29, 1.82) is 0 Å². The molecule has 0 atom stereocenters. The molecule has 130 valence electrons. The largest absolute Gasteiger partial charge is 0.489 e.